The second-order valence-electron chi connectivity index (χ2n) is 5.04. The number of thioether (sulfide) groups is 1. The number of hydrogen-bond acceptors (Lipinski definition) is 3. The van der Waals surface area contributed by atoms with Crippen LogP contribution in [0.4, 0.5) is 5.69 Å². The van der Waals surface area contributed by atoms with Gasteiger partial charge in [-0.1, -0.05) is 37.3 Å². The molecule has 0 heterocycles. The third-order valence-corrected chi connectivity index (χ3v) is 5.11. The van der Waals surface area contributed by atoms with Crippen LogP contribution < -0.4 is 5.73 Å². The first-order valence-corrected chi connectivity index (χ1v) is 7.87. The molecule has 0 spiro atoms. The number of aliphatic hydroxyl groups excluding tert-OH is 1. The van der Waals surface area contributed by atoms with Gasteiger partial charge in [0.25, 0.3) is 0 Å². The molecule has 1 aliphatic carbocycles. The summed E-state index contributed by atoms with van der Waals surface area (Å²) in [6, 6.07) is 5.47. The second kappa shape index (κ2) is 6.69. The van der Waals surface area contributed by atoms with E-state index < -0.39 is 0 Å². The Bertz CT molecular complexity index is 393. The topological polar surface area (TPSA) is 46.2 Å². The molecule has 1 aromatic rings. The Morgan fingerprint density at radius 3 is 2.83 bits per heavy atom. The van der Waals surface area contributed by atoms with Gasteiger partial charge in [-0.05, 0) is 30.5 Å². The van der Waals surface area contributed by atoms with E-state index in [1.165, 1.54) is 25.7 Å². The van der Waals surface area contributed by atoms with Gasteiger partial charge in [-0.2, -0.15) is 0 Å². The number of aliphatic hydroxyl groups is 1. The molecule has 1 fully saturated rings. The first kappa shape index (κ1) is 14.0. The third-order valence-electron chi connectivity index (χ3n) is 3.47. The number of rotatable bonds is 5. The van der Waals surface area contributed by atoms with E-state index in [0.717, 1.165) is 17.2 Å². The quantitative estimate of drug-likeness (QED) is 0.636. The predicted octanol–water partition coefficient (Wildman–Crippen LogP) is 3.96. The van der Waals surface area contributed by atoms with E-state index in [9.17, 15) is 5.11 Å². The summed E-state index contributed by atoms with van der Waals surface area (Å²) in [5, 5.41) is 10.7. The van der Waals surface area contributed by atoms with Crippen LogP contribution in [-0.2, 0) is 0 Å². The molecule has 0 bridgehead atoms. The summed E-state index contributed by atoms with van der Waals surface area (Å²) in [5.41, 5.74) is 6.45. The van der Waals surface area contributed by atoms with Gasteiger partial charge in [0, 0.05) is 16.3 Å². The zero-order chi connectivity index (χ0) is 13.0. The zero-order valence-corrected chi connectivity index (χ0v) is 12.0. The number of benzene rings is 1. The summed E-state index contributed by atoms with van der Waals surface area (Å²) >= 11 is 7.68. The largest absolute Gasteiger partial charge is 0.399 e. The minimum Gasteiger partial charge on any atom is -0.399 e. The van der Waals surface area contributed by atoms with Crippen molar-refractivity contribution in [2.24, 2.45) is 5.92 Å². The fourth-order valence-corrected chi connectivity index (χ4v) is 3.73. The highest BCUT2D eigenvalue weighted by atomic mass is 35.5. The van der Waals surface area contributed by atoms with Crippen LogP contribution in [0, 0.1) is 5.92 Å². The predicted molar refractivity (Wildman–Crippen MR) is 79.2 cm³/mol. The van der Waals surface area contributed by atoms with Crippen molar-refractivity contribution in [3.63, 3.8) is 0 Å². The fourth-order valence-electron chi connectivity index (χ4n) is 2.52. The van der Waals surface area contributed by atoms with Crippen molar-refractivity contribution >= 4 is 29.1 Å². The van der Waals surface area contributed by atoms with Crippen molar-refractivity contribution in [1.29, 1.82) is 0 Å². The van der Waals surface area contributed by atoms with Crippen molar-refractivity contribution in [2.45, 2.75) is 43.1 Å². The van der Waals surface area contributed by atoms with E-state index in [-0.39, 0.29) is 6.10 Å². The molecule has 18 heavy (non-hydrogen) atoms. The first-order chi connectivity index (χ1) is 8.65. The molecule has 1 aliphatic rings. The number of halogens is 1. The summed E-state index contributed by atoms with van der Waals surface area (Å²) in [4.78, 5) is 0.960. The van der Waals surface area contributed by atoms with E-state index in [4.69, 9.17) is 17.3 Å². The van der Waals surface area contributed by atoms with Crippen molar-refractivity contribution in [2.75, 3.05) is 11.5 Å². The lowest BCUT2D eigenvalue weighted by atomic mass is 10.0. The zero-order valence-electron chi connectivity index (χ0n) is 10.4. The Hall–Kier alpha value is -0.380. The van der Waals surface area contributed by atoms with Crippen LogP contribution in [0.15, 0.2) is 23.1 Å². The van der Waals surface area contributed by atoms with E-state index in [1.807, 2.05) is 12.1 Å². The Morgan fingerprint density at radius 2 is 2.11 bits per heavy atom. The fraction of sp³-hybridized carbons (Fsp3) is 0.571. The molecule has 0 saturated heterocycles. The van der Waals surface area contributed by atoms with E-state index in [0.29, 0.717) is 16.5 Å². The summed E-state index contributed by atoms with van der Waals surface area (Å²) in [6.45, 7) is 0. The van der Waals surface area contributed by atoms with Crippen molar-refractivity contribution in [3.8, 4) is 0 Å². The lowest BCUT2D eigenvalue weighted by molar-refractivity contribution is 0.166. The molecule has 1 unspecified atom stereocenters. The van der Waals surface area contributed by atoms with Crippen LogP contribution in [0.3, 0.4) is 0 Å². The van der Waals surface area contributed by atoms with Gasteiger partial charge < -0.3 is 10.8 Å². The molecule has 2 nitrogen and oxygen atoms in total. The molecule has 0 radical (unpaired) electrons. The number of hydrogen-bond donors (Lipinski definition) is 2. The van der Waals surface area contributed by atoms with Crippen LogP contribution in [0.1, 0.15) is 32.1 Å². The molecule has 1 atom stereocenters. The maximum atomic E-state index is 10.0. The normalized spacial score (nSPS) is 18.1. The molecule has 2 rings (SSSR count). The number of anilines is 1. The monoisotopic (exact) mass is 285 g/mol. The minimum atomic E-state index is -0.240. The third kappa shape index (κ3) is 4.08. The maximum Gasteiger partial charge on any atom is 0.0636 e. The summed E-state index contributed by atoms with van der Waals surface area (Å²) < 4.78 is 0. The lowest BCUT2D eigenvalue weighted by Gasteiger charge is -2.15. The highest BCUT2D eigenvalue weighted by Crippen LogP contribution is 2.32. The Balaban J connectivity index is 1.81. The number of nitrogens with two attached hydrogens (primary N) is 1. The van der Waals surface area contributed by atoms with Gasteiger partial charge in [-0.15, -0.1) is 11.8 Å². The Labute approximate surface area is 118 Å². The molecule has 0 aromatic heterocycles. The van der Waals surface area contributed by atoms with E-state index in [2.05, 4.69) is 0 Å². The highest BCUT2D eigenvalue weighted by Gasteiger charge is 2.19. The summed E-state index contributed by atoms with van der Waals surface area (Å²) in [5.74, 6) is 1.41. The van der Waals surface area contributed by atoms with Crippen molar-refractivity contribution in [1.82, 2.24) is 0 Å². The second-order valence-corrected chi connectivity index (χ2v) is 6.51. The smallest absolute Gasteiger partial charge is 0.0636 e. The van der Waals surface area contributed by atoms with Gasteiger partial charge in [0.2, 0.25) is 0 Å². The molecule has 4 heteroatoms. The van der Waals surface area contributed by atoms with Crippen molar-refractivity contribution in [3.05, 3.63) is 23.2 Å². The van der Waals surface area contributed by atoms with Gasteiger partial charge in [-0.25, -0.2) is 0 Å². The molecule has 1 saturated carbocycles. The average Bonchev–Trinajstić information content (AvgIpc) is 2.83. The van der Waals surface area contributed by atoms with E-state index in [1.54, 1.807) is 17.8 Å². The van der Waals surface area contributed by atoms with Gasteiger partial charge in [0.15, 0.2) is 0 Å². The standard InChI is InChI=1S/C14H20ClNOS/c15-13-6-5-11(16)8-14(13)18-9-12(17)7-10-3-1-2-4-10/h5-6,8,10,12,17H,1-4,7,9,16H2. The SMILES string of the molecule is Nc1ccc(Cl)c(SCC(O)CC2CCCC2)c1. The van der Waals surface area contributed by atoms with Crippen LogP contribution in [0.5, 0.6) is 0 Å². The highest BCUT2D eigenvalue weighted by molar-refractivity contribution is 7.99. The van der Waals surface area contributed by atoms with Gasteiger partial charge >= 0.3 is 0 Å². The molecule has 0 amide bonds. The molecule has 3 N–H and O–H groups in total. The summed E-state index contributed by atoms with van der Waals surface area (Å²) in [7, 11) is 0. The molecule has 1 aromatic carbocycles. The molecular formula is C14H20ClNOS. The first-order valence-electron chi connectivity index (χ1n) is 6.51. The molecular weight excluding hydrogens is 266 g/mol. The van der Waals surface area contributed by atoms with Gasteiger partial charge in [0.05, 0.1) is 11.1 Å². The van der Waals surface area contributed by atoms with Crippen molar-refractivity contribution < 1.29 is 5.11 Å². The van der Waals surface area contributed by atoms with Gasteiger partial charge in [0.1, 0.15) is 0 Å². The van der Waals surface area contributed by atoms with Crippen LogP contribution in [-0.4, -0.2) is 17.0 Å². The van der Waals surface area contributed by atoms with E-state index >= 15 is 0 Å². The van der Waals surface area contributed by atoms with Crippen LogP contribution in [0.25, 0.3) is 0 Å². The summed E-state index contributed by atoms with van der Waals surface area (Å²) in [6.07, 6.45) is 5.89. The lowest BCUT2D eigenvalue weighted by Crippen LogP contribution is -2.14. The molecule has 100 valence electrons. The van der Waals surface area contributed by atoms with Crippen LogP contribution in [0.2, 0.25) is 5.02 Å². The van der Waals surface area contributed by atoms with Crippen LogP contribution >= 0.6 is 23.4 Å². The molecule has 0 aliphatic heterocycles. The Morgan fingerprint density at radius 1 is 1.39 bits per heavy atom. The maximum absolute atomic E-state index is 10.0. The Kier molecular flexibility index (Phi) is 5.22. The average molecular weight is 286 g/mol. The number of nitrogen functional groups attached to an aromatic ring is 1. The minimum absolute atomic E-state index is 0.240. The van der Waals surface area contributed by atoms with Gasteiger partial charge in [-0.3, -0.25) is 0 Å².